The van der Waals surface area contributed by atoms with Gasteiger partial charge in [-0.3, -0.25) is 14.7 Å². The van der Waals surface area contributed by atoms with E-state index in [9.17, 15) is 9.59 Å². The molecule has 10 heteroatoms. The molecule has 120 valence electrons. The summed E-state index contributed by atoms with van der Waals surface area (Å²) in [5.41, 5.74) is -0.384. The molecule has 1 atom stereocenters. The summed E-state index contributed by atoms with van der Waals surface area (Å²) in [5, 5.41) is 20.5. The van der Waals surface area contributed by atoms with E-state index in [2.05, 4.69) is 31.0 Å². The van der Waals surface area contributed by atoms with Crippen molar-refractivity contribution in [2.75, 3.05) is 13.1 Å². The van der Waals surface area contributed by atoms with Gasteiger partial charge in [-0.25, -0.2) is 0 Å². The van der Waals surface area contributed by atoms with Crippen molar-refractivity contribution in [3.8, 4) is 5.82 Å². The smallest absolute Gasteiger partial charge is 0.272 e. The van der Waals surface area contributed by atoms with Gasteiger partial charge >= 0.3 is 0 Å². The Morgan fingerprint density at radius 1 is 1.30 bits per heavy atom. The lowest BCUT2D eigenvalue weighted by Gasteiger charge is -2.39. The van der Waals surface area contributed by atoms with Gasteiger partial charge < -0.3 is 10.2 Å². The number of tetrazole rings is 1. The number of likely N-dealkylation sites (tertiary alicyclic amines) is 1. The van der Waals surface area contributed by atoms with E-state index in [1.54, 1.807) is 11.0 Å². The van der Waals surface area contributed by atoms with E-state index in [4.69, 9.17) is 0 Å². The van der Waals surface area contributed by atoms with Gasteiger partial charge in [0, 0.05) is 19.2 Å². The number of nitrogens with zero attached hydrogens (tertiary/aromatic N) is 6. The Labute approximate surface area is 131 Å². The van der Waals surface area contributed by atoms with Crippen LogP contribution in [0.25, 0.3) is 5.82 Å². The third-order valence-corrected chi connectivity index (χ3v) is 4.59. The SMILES string of the molecule is O=C(c1cc(-n2cnnn2)n[nH]1)N1CCCC12CCCNC2=O. The maximum atomic E-state index is 12.9. The van der Waals surface area contributed by atoms with Crippen molar-refractivity contribution in [1.29, 1.82) is 0 Å². The number of amides is 2. The van der Waals surface area contributed by atoms with Crippen LogP contribution in [0.5, 0.6) is 0 Å². The Kier molecular flexibility index (Phi) is 3.10. The molecule has 2 fully saturated rings. The molecule has 2 aromatic heterocycles. The Balaban J connectivity index is 1.62. The summed E-state index contributed by atoms with van der Waals surface area (Å²) in [5.74, 6) is 0.167. The molecule has 2 amide bonds. The molecule has 2 aliphatic rings. The number of hydrogen-bond acceptors (Lipinski definition) is 6. The van der Waals surface area contributed by atoms with E-state index in [0.717, 1.165) is 12.8 Å². The Morgan fingerprint density at radius 2 is 2.17 bits per heavy atom. The van der Waals surface area contributed by atoms with Crippen molar-refractivity contribution in [3.63, 3.8) is 0 Å². The summed E-state index contributed by atoms with van der Waals surface area (Å²) < 4.78 is 1.36. The van der Waals surface area contributed by atoms with E-state index in [-0.39, 0.29) is 11.8 Å². The highest BCUT2D eigenvalue weighted by atomic mass is 16.2. The van der Waals surface area contributed by atoms with Gasteiger partial charge in [0.25, 0.3) is 5.91 Å². The number of H-pyrrole nitrogens is 1. The van der Waals surface area contributed by atoms with Crippen molar-refractivity contribution in [1.82, 2.24) is 40.6 Å². The average Bonchev–Trinajstić information content (AvgIpc) is 3.30. The Bertz CT molecular complexity index is 739. The molecule has 23 heavy (non-hydrogen) atoms. The van der Waals surface area contributed by atoms with Crippen LogP contribution in [-0.4, -0.2) is 65.7 Å². The van der Waals surface area contributed by atoms with Crippen LogP contribution in [0.2, 0.25) is 0 Å². The first kappa shape index (κ1) is 13.9. The average molecular weight is 316 g/mol. The van der Waals surface area contributed by atoms with E-state index >= 15 is 0 Å². The minimum atomic E-state index is -0.713. The number of rotatable bonds is 2. The fourth-order valence-corrected chi connectivity index (χ4v) is 3.48. The van der Waals surface area contributed by atoms with Crippen LogP contribution >= 0.6 is 0 Å². The summed E-state index contributed by atoms with van der Waals surface area (Å²) in [6, 6.07) is 1.59. The van der Waals surface area contributed by atoms with Gasteiger partial charge in [0.1, 0.15) is 17.6 Å². The maximum Gasteiger partial charge on any atom is 0.272 e. The van der Waals surface area contributed by atoms with E-state index in [1.165, 1.54) is 11.0 Å². The van der Waals surface area contributed by atoms with Crippen molar-refractivity contribution in [3.05, 3.63) is 18.1 Å². The van der Waals surface area contributed by atoms with Gasteiger partial charge in [0.15, 0.2) is 5.82 Å². The standard InChI is InChI=1S/C13H16N8O2/c22-11(9-7-10(17-16-9)21-8-15-18-19-21)20-6-2-4-13(20)3-1-5-14-12(13)23/h7-8H,1-6H2,(H,14,23)(H,16,17). The lowest BCUT2D eigenvalue weighted by molar-refractivity contribution is -0.133. The lowest BCUT2D eigenvalue weighted by Crippen LogP contribution is -2.60. The van der Waals surface area contributed by atoms with E-state index < -0.39 is 5.54 Å². The second-order valence-electron chi connectivity index (χ2n) is 5.85. The number of aromatic amines is 1. The molecule has 1 spiro atoms. The summed E-state index contributed by atoms with van der Waals surface area (Å²) in [6.45, 7) is 1.25. The predicted molar refractivity (Wildman–Crippen MR) is 76.5 cm³/mol. The van der Waals surface area contributed by atoms with Gasteiger partial charge in [0.05, 0.1) is 0 Å². The normalized spacial score (nSPS) is 24.2. The number of hydrogen-bond donors (Lipinski definition) is 2. The number of nitrogens with one attached hydrogen (secondary N) is 2. The molecule has 0 radical (unpaired) electrons. The monoisotopic (exact) mass is 316 g/mol. The minimum Gasteiger partial charge on any atom is -0.354 e. The number of piperidine rings is 1. The van der Waals surface area contributed by atoms with Crippen LogP contribution < -0.4 is 5.32 Å². The molecule has 2 N–H and O–H groups in total. The molecule has 2 aromatic rings. The molecular weight excluding hydrogens is 300 g/mol. The highest BCUT2D eigenvalue weighted by Gasteiger charge is 2.50. The molecule has 0 bridgehead atoms. The number of carbonyl (C=O) groups is 2. The molecule has 2 aliphatic heterocycles. The van der Waals surface area contributed by atoms with Crippen molar-refractivity contribution in [2.24, 2.45) is 0 Å². The highest BCUT2D eigenvalue weighted by Crippen LogP contribution is 2.36. The van der Waals surface area contributed by atoms with Crippen LogP contribution in [0.4, 0.5) is 0 Å². The van der Waals surface area contributed by atoms with Crippen LogP contribution in [0.1, 0.15) is 36.2 Å². The Morgan fingerprint density at radius 3 is 2.96 bits per heavy atom. The third kappa shape index (κ3) is 2.09. The first-order chi connectivity index (χ1) is 11.2. The summed E-state index contributed by atoms with van der Waals surface area (Å²) in [4.78, 5) is 26.9. The summed E-state index contributed by atoms with van der Waals surface area (Å²) in [6.07, 6.45) is 4.52. The molecule has 0 saturated carbocycles. The van der Waals surface area contributed by atoms with Gasteiger partial charge in [-0.15, -0.1) is 5.10 Å². The van der Waals surface area contributed by atoms with Crippen LogP contribution in [-0.2, 0) is 4.79 Å². The predicted octanol–water partition coefficient (Wildman–Crippen LogP) is -0.730. The molecule has 0 aliphatic carbocycles. The molecule has 0 aromatic carbocycles. The number of aromatic nitrogens is 6. The van der Waals surface area contributed by atoms with Crippen LogP contribution in [0, 0.1) is 0 Å². The zero-order valence-corrected chi connectivity index (χ0v) is 12.4. The number of carbonyl (C=O) groups excluding carboxylic acids is 2. The third-order valence-electron chi connectivity index (χ3n) is 4.59. The topological polar surface area (TPSA) is 122 Å². The zero-order chi connectivity index (χ0) is 15.9. The zero-order valence-electron chi connectivity index (χ0n) is 12.4. The molecule has 4 rings (SSSR count). The molecule has 2 saturated heterocycles. The van der Waals surface area contributed by atoms with Gasteiger partial charge in [0.2, 0.25) is 5.91 Å². The van der Waals surface area contributed by atoms with Crippen molar-refractivity contribution >= 4 is 11.8 Å². The minimum absolute atomic E-state index is 0.0465. The van der Waals surface area contributed by atoms with Gasteiger partial charge in [-0.1, -0.05) is 0 Å². The molecule has 1 unspecified atom stereocenters. The van der Waals surface area contributed by atoms with Crippen LogP contribution in [0.3, 0.4) is 0 Å². The second kappa shape index (κ2) is 5.14. The van der Waals surface area contributed by atoms with Crippen molar-refractivity contribution in [2.45, 2.75) is 31.2 Å². The fraction of sp³-hybridized carbons (Fsp3) is 0.538. The highest BCUT2D eigenvalue weighted by molar-refractivity contribution is 5.99. The van der Waals surface area contributed by atoms with E-state index in [1.807, 2.05) is 0 Å². The fourth-order valence-electron chi connectivity index (χ4n) is 3.48. The summed E-state index contributed by atoms with van der Waals surface area (Å²) >= 11 is 0. The first-order valence-corrected chi connectivity index (χ1v) is 7.60. The molecule has 4 heterocycles. The first-order valence-electron chi connectivity index (χ1n) is 7.60. The molecular formula is C13H16N8O2. The summed E-state index contributed by atoms with van der Waals surface area (Å²) in [7, 11) is 0. The van der Waals surface area contributed by atoms with Crippen LogP contribution in [0.15, 0.2) is 12.4 Å². The quantitative estimate of drug-likeness (QED) is 0.753. The second-order valence-corrected chi connectivity index (χ2v) is 5.85. The maximum absolute atomic E-state index is 12.9. The largest absolute Gasteiger partial charge is 0.354 e. The van der Waals surface area contributed by atoms with Gasteiger partial charge in [-0.2, -0.15) is 9.78 Å². The van der Waals surface area contributed by atoms with Crippen molar-refractivity contribution < 1.29 is 9.59 Å². The lowest BCUT2D eigenvalue weighted by atomic mass is 9.86. The van der Waals surface area contributed by atoms with Gasteiger partial charge in [-0.05, 0) is 36.1 Å². The van der Waals surface area contributed by atoms with E-state index in [0.29, 0.717) is 37.4 Å². The molecule has 10 nitrogen and oxygen atoms in total. The Hall–Kier alpha value is -2.78.